The summed E-state index contributed by atoms with van der Waals surface area (Å²) in [7, 11) is 0. The highest BCUT2D eigenvalue weighted by Gasteiger charge is 2.34. The van der Waals surface area contributed by atoms with Crippen LogP contribution < -0.4 is 5.73 Å². The van der Waals surface area contributed by atoms with Crippen LogP contribution in [0.15, 0.2) is 24.3 Å². The van der Waals surface area contributed by atoms with Crippen molar-refractivity contribution < 1.29 is 4.74 Å². The van der Waals surface area contributed by atoms with Crippen molar-refractivity contribution in [3.8, 4) is 0 Å². The largest absolute Gasteiger partial charge is 0.399 e. The molecule has 0 amide bonds. The van der Waals surface area contributed by atoms with E-state index in [1.165, 1.54) is 31.2 Å². The number of nitrogens with two attached hydrogens (primary N) is 1. The Hall–Kier alpha value is -1.06. The van der Waals surface area contributed by atoms with Gasteiger partial charge >= 0.3 is 0 Å². The Morgan fingerprint density at radius 2 is 1.61 bits per heavy atom. The minimum absolute atomic E-state index is 0.712. The Balaban J connectivity index is 1.67. The van der Waals surface area contributed by atoms with E-state index in [-0.39, 0.29) is 0 Å². The van der Waals surface area contributed by atoms with Crippen LogP contribution in [0.2, 0.25) is 0 Å². The average molecular weight is 246 g/mol. The molecule has 0 radical (unpaired) electrons. The Kier molecular flexibility index (Phi) is 3.52. The number of hydrogen-bond donors (Lipinski definition) is 1. The van der Waals surface area contributed by atoms with E-state index in [0.717, 1.165) is 31.5 Å². The molecule has 1 heterocycles. The molecule has 3 heteroatoms. The Morgan fingerprint density at radius 3 is 2.22 bits per heavy atom. The third kappa shape index (κ3) is 2.85. The molecule has 2 aliphatic rings. The number of nitrogen functional groups attached to an aromatic ring is 1. The number of ether oxygens (including phenoxy) is 1. The normalized spacial score (nSPS) is 21.4. The molecular formula is C15H22N2O. The van der Waals surface area contributed by atoms with E-state index in [2.05, 4.69) is 17.0 Å². The number of hydrogen-bond acceptors (Lipinski definition) is 3. The minimum atomic E-state index is 0.712. The van der Waals surface area contributed by atoms with Crippen molar-refractivity contribution in [2.45, 2.75) is 44.3 Å². The van der Waals surface area contributed by atoms with Gasteiger partial charge in [-0.25, -0.2) is 0 Å². The van der Waals surface area contributed by atoms with Gasteiger partial charge in [0, 0.05) is 37.5 Å². The maximum atomic E-state index is 5.74. The van der Waals surface area contributed by atoms with E-state index in [9.17, 15) is 0 Å². The summed E-state index contributed by atoms with van der Waals surface area (Å²) in [6.45, 7) is 2.92. The molecule has 0 atom stereocenters. The van der Waals surface area contributed by atoms with Crippen molar-refractivity contribution in [3.63, 3.8) is 0 Å². The molecule has 1 saturated heterocycles. The molecule has 1 aromatic carbocycles. The Labute approximate surface area is 109 Å². The molecule has 3 rings (SSSR count). The summed E-state index contributed by atoms with van der Waals surface area (Å²) >= 11 is 0. The van der Waals surface area contributed by atoms with Crippen molar-refractivity contribution in [2.24, 2.45) is 0 Å². The molecule has 1 aliphatic heterocycles. The zero-order valence-corrected chi connectivity index (χ0v) is 10.8. The van der Waals surface area contributed by atoms with Gasteiger partial charge in [-0.15, -0.1) is 0 Å². The number of rotatable bonds is 4. The quantitative estimate of drug-likeness (QED) is 0.829. The van der Waals surface area contributed by atoms with Gasteiger partial charge < -0.3 is 10.5 Å². The second-order valence-electron chi connectivity index (χ2n) is 5.49. The van der Waals surface area contributed by atoms with E-state index in [0.29, 0.717) is 6.04 Å². The fourth-order valence-corrected chi connectivity index (χ4v) is 2.81. The first-order valence-corrected chi connectivity index (χ1v) is 7.01. The molecule has 0 aromatic heterocycles. The van der Waals surface area contributed by atoms with Crippen LogP contribution in [0.3, 0.4) is 0 Å². The van der Waals surface area contributed by atoms with Gasteiger partial charge in [-0.05, 0) is 43.4 Å². The summed E-state index contributed by atoms with van der Waals surface area (Å²) in [5.41, 5.74) is 7.97. The summed E-state index contributed by atoms with van der Waals surface area (Å²) in [5, 5.41) is 0. The van der Waals surface area contributed by atoms with E-state index >= 15 is 0 Å². The highest BCUT2D eigenvalue weighted by molar-refractivity contribution is 5.39. The summed E-state index contributed by atoms with van der Waals surface area (Å²) in [4.78, 5) is 2.69. The molecule has 0 bridgehead atoms. The van der Waals surface area contributed by atoms with Crippen LogP contribution in [0.25, 0.3) is 0 Å². The fourth-order valence-electron chi connectivity index (χ4n) is 2.81. The fraction of sp³-hybridized carbons (Fsp3) is 0.600. The molecule has 98 valence electrons. The maximum Gasteiger partial charge on any atom is 0.0480 e. The van der Waals surface area contributed by atoms with Crippen molar-refractivity contribution in [2.75, 3.05) is 18.9 Å². The van der Waals surface area contributed by atoms with Crippen molar-refractivity contribution in [1.29, 1.82) is 0 Å². The first kappa shape index (κ1) is 12.0. The van der Waals surface area contributed by atoms with E-state index in [1.807, 2.05) is 12.1 Å². The monoisotopic (exact) mass is 246 g/mol. The highest BCUT2D eigenvalue weighted by atomic mass is 16.5. The molecule has 2 N–H and O–H groups in total. The topological polar surface area (TPSA) is 38.5 Å². The van der Waals surface area contributed by atoms with Crippen molar-refractivity contribution in [3.05, 3.63) is 29.8 Å². The number of anilines is 1. The summed E-state index contributed by atoms with van der Waals surface area (Å²) < 4.78 is 5.47. The number of nitrogens with zero attached hydrogens (tertiary/aromatic N) is 1. The standard InChI is InChI=1S/C15H22N2O/c16-13-3-1-12(2-4-13)11-17(14-5-6-14)15-7-9-18-10-8-15/h1-4,14-15H,5-11,16H2. The van der Waals surface area contributed by atoms with Crippen molar-refractivity contribution in [1.82, 2.24) is 4.90 Å². The zero-order chi connectivity index (χ0) is 12.4. The summed E-state index contributed by atoms with van der Waals surface area (Å²) in [6.07, 6.45) is 5.11. The average Bonchev–Trinajstić information content (AvgIpc) is 3.23. The second-order valence-corrected chi connectivity index (χ2v) is 5.49. The molecule has 2 fully saturated rings. The van der Waals surface area contributed by atoms with Gasteiger partial charge in [0.15, 0.2) is 0 Å². The van der Waals surface area contributed by atoms with Crippen LogP contribution in [0.5, 0.6) is 0 Å². The van der Waals surface area contributed by atoms with Gasteiger partial charge in [-0.1, -0.05) is 12.1 Å². The minimum Gasteiger partial charge on any atom is -0.399 e. The zero-order valence-electron chi connectivity index (χ0n) is 10.8. The van der Waals surface area contributed by atoms with Crippen LogP contribution in [-0.4, -0.2) is 30.2 Å². The predicted octanol–water partition coefficient (Wildman–Crippen LogP) is 2.41. The van der Waals surface area contributed by atoms with Crippen molar-refractivity contribution >= 4 is 5.69 Å². The molecule has 1 saturated carbocycles. The lowest BCUT2D eigenvalue weighted by Gasteiger charge is -2.34. The van der Waals surface area contributed by atoms with E-state index in [4.69, 9.17) is 10.5 Å². The maximum absolute atomic E-state index is 5.74. The summed E-state index contributed by atoms with van der Waals surface area (Å²) in [6, 6.07) is 9.84. The third-order valence-electron chi connectivity index (χ3n) is 4.02. The van der Waals surface area contributed by atoms with Gasteiger partial charge in [0.05, 0.1) is 0 Å². The van der Waals surface area contributed by atoms with Gasteiger partial charge in [-0.3, -0.25) is 4.90 Å². The van der Waals surface area contributed by atoms with Crippen LogP contribution in [0, 0.1) is 0 Å². The van der Waals surface area contributed by atoms with E-state index in [1.54, 1.807) is 0 Å². The van der Waals surface area contributed by atoms with Gasteiger partial charge in [0.1, 0.15) is 0 Å². The SMILES string of the molecule is Nc1ccc(CN(C2CCOCC2)C2CC2)cc1. The Bertz CT molecular complexity index is 380. The van der Waals surface area contributed by atoms with Crippen LogP contribution in [-0.2, 0) is 11.3 Å². The number of benzene rings is 1. The van der Waals surface area contributed by atoms with E-state index < -0.39 is 0 Å². The van der Waals surface area contributed by atoms with Crippen LogP contribution >= 0.6 is 0 Å². The second kappa shape index (κ2) is 5.29. The third-order valence-corrected chi connectivity index (χ3v) is 4.02. The first-order chi connectivity index (χ1) is 8.83. The first-order valence-electron chi connectivity index (χ1n) is 7.01. The Morgan fingerprint density at radius 1 is 1.00 bits per heavy atom. The van der Waals surface area contributed by atoms with Crippen LogP contribution in [0.1, 0.15) is 31.2 Å². The summed E-state index contributed by atoms with van der Waals surface area (Å²) in [5.74, 6) is 0. The van der Waals surface area contributed by atoms with Gasteiger partial charge in [-0.2, -0.15) is 0 Å². The predicted molar refractivity (Wildman–Crippen MR) is 73.3 cm³/mol. The van der Waals surface area contributed by atoms with Gasteiger partial charge in [0.2, 0.25) is 0 Å². The molecule has 0 unspecified atom stereocenters. The van der Waals surface area contributed by atoms with Crippen LogP contribution in [0.4, 0.5) is 5.69 Å². The lowest BCUT2D eigenvalue weighted by Crippen LogP contribution is -2.40. The molecule has 18 heavy (non-hydrogen) atoms. The molecule has 1 aliphatic carbocycles. The lowest BCUT2D eigenvalue weighted by atomic mass is 10.1. The highest BCUT2D eigenvalue weighted by Crippen LogP contribution is 2.32. The molecule has 0 spiro atoms. The smallest absolute Gasteiger partial charge is 0.0480 e. The lowest BCUT2D eigenvalue weighted by molar-refractivity contribution is 0.0276. The molecule has 3 nitrogen and oxygen atoms in total. The van der Waals surface area contributed by atoms with Gasteiger partial charge in [0.25, 0.3) is 0 Å². The molecular weight excluding hydrogens is 224 g/mol. The molecule has 1 aromatic rings.